The van der Waals surface area contributed by atoms with Crippen LogP contribution >= 0.6 is 0 Å². The highest BCUT2D eigenvalue weighted by molar-refractivity contribution is 7.90. The van der Waals surface area contributed by atoms with Crippen molar-refractivity contribution >= 4 is 9.84 Å². The van der Waals surface area contributed by atoms with Gasteiger partial charge in [0.05, 0.1) is 5.75 Å². The SMILES string of the molecule is CCC(N)Cc1cccn1CCCS(C)(=O)=O. The molecule has 0 aromatic carbocycles. The van der Waals surface area contributed by atoms with Gasteiger partial charge in [-0.3, -0.25) is 0 Å². The molecule has 2 N–H and O–H groups in total. The number of sulfone groups is 1. The van der Waals surface area contributed by atoms with Gasteiger partial charge in [-0.2, -0.15) is 0 Å². The molecule has 0 bridgehead atoms. The number of rotatable bonds is 7. The number of hydrogen-bond donors (Lipinski definition) is 1. The van der Waals surface area contributed by atoms with Gasteiger partial charge in [0.15, 0.2) is 0 Å². The first-order valence-corrected chi connectivity index (χ1v) is 8.05. The van der Waals surface area contributed by atoms with Crippen LogP contribution < -0.4 is 5.73 Å². The predicted octanol–water partition coefficient (Wildman–Crippen LogP) is 1.20. The molecule has 1 heterocycles. The van der Waals surface area contributed by atoms with Crippen molar-refractivity contribution in [2.75, 3.05) is 12.0 Å². The maximum absolute atomic E-state index is 11.0. The van der Waals surface area contributed by atoms with Gasteiger partial charge in [-0.1, -0.05) is 6.92 Å². The first-order valence-electron chi connectivity index (χ1n) is 5.99. The van der Waals surface area contributed by atoms with E-state index in [0.717, 1.165) is 19.4 Å². The van der Waals surface area contributed by atoms with E-state index in [0.29, 0.717) is 6.42 Å². The molecule has 0 saturated carbocycles. The Bertz CT molecular complexity index is 437. The van der Waals surface area contributed by atoms with Crippen LogP contribution in [0, 0.1) is 0 Å². The number of nitrogens with zero attached hydrogens (tertiary/aromatic N) is 1. The van der Waals surface area contributed by atoms with E-state index >= 15 is 0 Å². The van der Waals surface area contributed by atoms with Gasteiger partial charge in [-0.15, -0.1) is 0 Å². The first kappa shape index (κ1) is 14.3. The van der Waals surface area contributed by atoms with Crippen molar-refractivity contribution < 1.29 is 8.42 Å². The Morgan fingerprint density at radius 3 is 2.76 bits per heavy atom. The zero-order valence-electron chi connectivity index (χ0n) is 10.6. The quantitative estimate of drug-likeness (QED) is 0.799. The fourth-order valence-electron chi connectivity index (χ4n) is 1.76. The fourth-order valence-corrected chi connectivity index (χ4v) is 2.42. The Hall–Kier alpha value is -0.810. The van der Waals surface area contributed by atoms with Crippen molar-refractivity contribution in [2.45, 2.75) is 38.8 Å². The van der Waals surface area contributed by atoms with Crippen molar-refractivity contribution in [3.63, 3.8) is 0 Å². The molecule has 0 spiro atoms. The van der Waals surface area contributed by atoms with Crippen LogP contribution in [0.15, 0.2) is 18.3 Å². The minimum Gasteiger partial charge on any atom is -0.351 e. The third kappa shape index (κ3) is 5.37. The smallest absolute Gasteiger partial charge is 0.147 e. The van der Waals surface area contributed by atoms with Gasteiger partial charge in [0.2, 0.25) is 0 Å². The summed E-state index contributed by atoms with van der Waals surface area (Å²) < 4.78 is 24.2. The summed E-state index contributed by atoms with van der Waals surface area (Å²) in [7, 11) is -2.86. The van der Waals surface area contributed by atoms with E-state index in [9.17, 15) is 8.42 Å². The van der Waals surface area contributed by atoms with Gasteiger partial charge >= 0.3 is 0 Å². The molecule has 0 radical (unpaired) electrons. The molecule has 5 heteroatoms. The summed E-state index contributed by atoms with van der Waals surface area (Å²) in [6.07, 6.45) is 5.72. The van der Waals surface area contributed by atoms with Gasteiger partial charge in [0, 0.05) is 37.2 Å². The highest BCUT2D eigenvalue weighted by Gasteiger charge is 2.07. The van der Waals surface area contributed by atoms with Crippen LogP contribution in [0.2, 0.25) is 0 Å². The second-order valence-electron chi connectivity index (χ2n) is 4.55. The van der Waals surface area contributed by atoms with E-state index in [1.165, 1.54) is 11.9 Å². The largest absolute Gasteiger partial charge is 0.351 e. The van der Waals surface area contributed by atoms with E-state index in [-0.39, 0.29) is 11.8 Å². The molecule has 1 aromatic rings. The summed E-state index contributed by atoms with van der Waals surface area (Å²) in [5.74, 6) is 0.241. The van der Waals surface area contributed by atoms with Gasteiger partial charge in [-0.05, 0) is 25.0 Å². The second kappa shape index (κ2) is 6.21. The molecular weight excluding hydrogens is 236 g/mol. The molecule has 4 nitrogen and oxygen atoms in total. The minimum absolute atomic E-state index is 0.179. The van der Waals surface area contributed by atoms with E-state index in [1.807, 2.05) is 12.3 Å². The molecule has 0 amide bonds. The summed E-state index contributed by atoms with van der Waals surface area (Å²) in [4.78, 5) is 0. The van der Waals surface area contributed by atoms with Crippen LogP contribution in [0.4, 0.5) is 0 Å². The Labute approximate surface area is 104 Å². The highest BCUT2D eigenvalue weighted by Crippen LogP contribution is 2.08. The van der Waals surface area contributed by atoms with Gasteiger partial charge < -0.3 is 10.3 Å². The normalized spacial score (nSPS) is 13.8. The molecule has 0 aliphatic heterocycles. The molecule has 1 atom stereocenters. The maximum Gasteiger partial charge on any atom is 0.147 e. The average Bonchev–Trinajstić information content (AvgIpc) is 2.64. The molecule has 0 saturated heterocycles. The van der Waals surface area contributed by atoms with Crippen LogP contribution in [-0.2, 0) is 22.8 Å². The minimum atomic E-state index is -2.86. The lowest BCUT2D eigenvalue weighted by molar-refractivity contribution is 0.574. The highest BCUT2D eigenvalue weighted by atomic mass is 32.2. The van der Waals surface area contributed by atoms with Gasteiger partial charge in [-0.25, -0.2) is 8.42 Å². The van der Waals surface area contributed by atoms with E-state index in [1.54, 1.807) is 0 Å². The van der Waals surface area contributed by atoms with E-state index in [4.69, 9.17) is 5.73 Å². The average molecular weight is 258 g/mol. The summed E-state index contributed by atoms with van der Waals surface area (Å²) in [6, 6.07) is 4.22. The zero-order valence-corrected chi connectivity index (χ0v) is 11.4. The lowest BCUT2D eigenvalue weighted by Crippen LogP contribution is -2.23. The van der Waals surface area contributed by atoms with Crippen LogP contribution in [0.1, 0.15) is 25.5 Å². The molecule has 1 aromatic heterocycles. The van der Waals surface area contributed by atoms with Crippen molar-refractivity contribution in [3.8, 4) is 0 Å². The summed E-state index contributed by atoms with van der Waals surface area (Å²) in [5.41, 5.74) is 7.11. The molecule has 0 aliphatic rings. The fraction of sp³-hybridized carbons (Fsp3) is 0.667. The predicted molar refractivity (Wildman–Crippen MR) is 70.7 cm³/mol. The molecule has 1 unspecified atom stereocenters. The lowest BCUT2D eigenvalue weighted by Gasteiger charge is -2.12. The number of nitrogens with two attached hydrogens (primary N) is 1. The van der Waals surface area contributed by atoms with E-state index in [2.05, 4.69) is 17.6 Å². The van der Waals surface area contributed by atoms with E-state index < -0.39 is 9.84 Å². The van der Waals surface area contributed by atoms with Crippen LogP contribution in [-0.4, -0.2) is 31.0 Å². The molecular formula is C12H22N2O2S. The molecule has 1 rings (SSSR count). The first-order chi connectivity index (χ1) is 7.92. The molecule has 17 heavy (non-hydrogen) atoms. The van der Waals surface area contributed by atoms with Crippen LogP contribution in [0.25, 0.3) is 0 Å². The number of aromatic nitrogens is 1. The topological polar surface area (TPSA) is 65.1 Å². The van der Waals surface area contributed by atoms with Crippen molar-refractivity contribution in [1.82, 2.24) is 4.57 Å². The van der Waals surface area contributed by atoms with Gasteiger partial charge in [0.1, 0.15) is 9.84 Å². The summed E-state index contributed by atoms with van der Waals surface area (Å²) >= 11 is 0. The monoisotopic (exact) mass is 258 g/mol. The molecule has 0 aliphatic carbocycles. The van der Waals surface area contributed by atoms with Gasteiger partial charge in [0.25, 0.3) is 0 Å². The van der Waals surface area contributed by atoms with Crippen molar-refractivity contribution in [1.29, 1.82) is 0 Å². The van der Waals surface area contributed by atoms with Crippen molar-refractivity contribution in [3.05, 3.63) is 24.0 Å². The second-order valence-corrected chi connectivity index (χ2v) is 6.81. The molecule has 0 fully saturated rings. The Morgan fingerprint density at radius 1 is 1.47 bits per heavy atom. The van der Waals surface area contributed by atoms with Crippen molar-refractivity contribution in [2.24, 2.45) is 5.73 Å². The third-order valence-electron chi connectivity index (χ3n) is 2.83. The summed E-state index contributed by atoms with van der Waals surface area (Å²) in [6.45, 7) is 2.81. The molecule has 98 valence electrons. The lowest BCUT2D eigenvalue weighted by atomic mass is 10.1. The number of hydrogen-bond acceptors (Lipinski definition) is 3. The van der Waals surface area contributed by atoms with Crippen LogP contribution in [0.3, 0.4) is 0 Å². The van der Waals surface area contributed by atoms with Crippen LogP contribution in [0.5, 0.6) is 0 Å². The zero-order chi connectivity index (χ0) is 12.9. The Morgan fingerprint density at radius 2 is 2.18 bits per heavy atom. The summed E-state index contributed by atoms with van der Waals surface area (Å²) in [5, 5.41) is 0. The Balaban J connectivity index is 2.51. The maximum atomic E-state index is 11.0. The standard InChI is InChI=1S/C12H22N2O2S/c1-3-11(13)10-12-6-4-7-14(12)8-5-9-17(2,15)16/h4,6-7,11H,3,5,8-10,13H2,1-2H3. The number of aryl methyl sites for hydroxylation is 1. The Kier molecular flexibility index (Phi) is 5.21. The third-order valence-corrected chi connectivity index (χ3v) is 3.86.